The highest BCUT2D eigenvalue weighted by Crippen LogP contribution is 2.24. The first-order valence-corrected chi connectivity index (χ1v) is 6.34. The van der Waals surface area contributed by atoms with Crippen molar-refractivity contribution >= 4 is 11.4 Å². The molecule has 0 fully saturated rings. The summed E-state index contributed by atoms with van der Waals surface area (Å²) in [5, 5.41) is 10.8. The summed E-state index contributed by atoms with van der Waals surface area (Å²) in [6.07, 6.45) is 0. The fourth-order valence-electron chi connectivity index (χ4n) is 2.04. The Bertz CT molecular complexity index is 602. The van der Waals surface area contributed by atoms with Crippen molar-refractivity contribution in [3.05, 3.63) is 70.0 Å². The molecule has 0 unspecified atom stereocenters. The molecule has 0 aliphatic carbocycles. The van der Waals surface area contributed by atoms with Gasteiger partial charge in [0.15, 0.2) is 0 Å². The maximum Gasteiger partial charge on any atom is 0.274 e. The summed E-state index contributed by atoms with van der Waals surface area (Å²) in [6.45, 7) is 3.15. The minimum absolute atomic E-state index is 0.230. The molecule has 0 amide bonds. The van der Waals surface area contributed by atoms with Gasteiger partial charge < -0.3 is 4.90 Å². The van der Waals surface area contributed by atoms with E-state index < -0.39 is 10.7 Å². The maximum atomic E-state index is 13.5. The van der Waals surface area contributed by atoms with E-state index in [1.807, 2.05) is 42.2 Å². The van der Waals surface area contributed by atoms with Crippen molar-refractivity contribution in [2.24, 2.45) is 0 Å². The van der Waals surface area contributed by atoms with Crippen molar-refractivity contribution in [3.63, 3.8) is 0 Å². The van der Waals surface area contributed by atoms with Crippen LogP contribution < -0.4 is 4.90 Å². The van der Waals surface area contributed by atoms with Gasteiger partial charge in [0.25, 0.3) is 5.69 Å². The molecule has 104 valence electrons. The zero-order chi connectivity index (χ0) is 14.5. The quantitative estimate of drug-likeness (QED) is 0.616. The molecule has 0 bridgehead atoms. The average Bonchev–Trinajstić information content (AvgIpc) is 2.45. The summed E-state index contributed by atoms with van der Waals surface area (Å²) < 4.78 is 13.5. The monoisotopic (exact) mass is 274 g/mol. The zero-order valence-electron chi connectivity index (χ0n) is 11.1. The predicted octanol–water partition coefficient (Wildman–Crippen LogP) is 3.76. The normalized spacial score (nSPS) is 10.3. The molecule has 0 heterocycles. The molecule has 0 atom stereocenters. The van der Waals surface area contributed by atoms with Gasteiger partial charge in [-0.1, -0.05) is 30.3 Å². The SMILES string of the molecule is CCN(Cc1ccccc1)c1cc(F)cc([N+](=O)[O-])c1. The van der Waals surface area contributed by atoms with Crippen LogP contribution in [0.1, 0.15) is 12.5 Å². The van der Waals surface area contributed by atoms with E-state index in [-0.39, 0.29) is 5.69 Å². The van der Waals surface area contributed by atoms with Crippen molar-refractivity contribution in [2.75, 3.05) is 11.4 Å². The molecule has 0 saturated carbocycles. The molecule has 0 saturated heterocycles. The van der Waals surface area contributed by atoms with E-state index in [1.165, 1.54) is 12.1 Å². The molecule has 0 aromatic heterocycles. The van der Waals surface area contributed by atoms with Crippen LogP contribution in [0.25, 0.3) is 0 Å². The topological polar surface area (TPSA) is 46.4 Å². The first-order chi connectivity index (χ1) is 9.60. The number of halogens is 1. The van der Waals surface area contributed by atoms with Crippen LogP contribution >= 0.6 is 0 Å². The Morgan fingerprint density at radius 1 is 1.20 bits per heavy atom. The summed E-state index contributed by atoms with van der Waals surface area (Å²) in [6, 6.07) is 13.4. The standard InChI is InChI=1S/C15H15FN2O2/c1-2-17(11-12-6-4-3-5-7-12)14-8-13(16)9-15(10-14)18(19)20/h3-10H,2,11H2,1H3. The third-order valence-corrected chi connectivity index (χ3v) is 3.04. The van der Waals surface area contributed by atoms with E-state index in [1.54, 1.807) is 0 Å². The lowest BCUT2D eigenvalue weighted by atomic mass is 10.2. The second-order valence-electron chi connectivity index (χ2n) is 4.42. The summed E-state index contributed by atoms with van der Waals surface area (Å²) in [5.41, 5.74) is 1.36. The van der Waals surface area contributed by atoms with Gasteiger partial charge in [-0.05, 0) is 18.6 Å². The predicted molar refractivity (Wildman–Crippen MR) is 76.2 cm³/mol. The molecule has 5 heteroatoms. The van der Waals surface area contributed by atoms with Gasteiger partial charge in [0.1, 0.15) is 5.82 Å². The number of hydrogen-bond donors (Lipinski definition) is 0. The number of non-ortho nitro benzene ring substituents is 1. The minimum atomic E-state index is -0.597. The lowest BCUT2D eigenvalue weighted by molar-refractivity contribution is -0.385. The van der Waals surface area contributed by atoms with Gasteiger partial charge >= 0.3 is 0 Å². The Labute approximate surface area is 116 Å². The van der Waals surface area contributed by atoms with E-state index in [0.29, 0.717) is 18.8 Å². The van der Waals surface area contributed by atoms with Crippen molar-refractivity contribution in [2.45, 2.75) is 13.5 Å². The van der Waals surface area contributed by atoms with Crippen LogP contribution in [0.2, 0.25) is 0 Å². The molecule has 0 radical (unpaired) electrons. The van der Waals surface area contributed by atoms with Crippen LogP contribution in [0, 0.1) is 15.9 Å². The average molecular weight is 274 g/mol. The first-order valence-electron chi connectivity index (χ1n) is 6.34. The third-order valence-electron chi connectivity index (χ3n) is 3.04. The maximum absolute atomic E-state index is 13.5. The molecule has 2 aromatic carbocycles. The number of nitro groups is 1. The van der Waals surface area contributed by atoms with E-state index in [9.17, 15) is 14.5 Å². The highest BCUT2D eigenvalue weighted by atomic mass is 19.1. The van der Waals surface area contributed by atoms with Gasteiger partial charge in [-0.15, -0.1) is 0 Å². The largest absolute Gasteiger partial charge is 0.367 e. The van der Waals surface area contributed by atoms with Crippen LogP contribution in [0.15, 0.2) is 48.5 Å². The molecular weight excluding hydrogens is 259 g/mol. The number of benzene rings is 2. The zero-order valence-corrected chi connectivity index (χ0v) is 11.1. The van der Waals surface area contributed by atoms with Gasteiger partial charge in [-0.3, -0.25) is 10.1 Å². The highest BCUT2D eigenvalue weighted by Gasteiger charge is 2.13. The van der Waals surface area contributed by atoms with Crippen LogP contribution in [-0.4, -0.2) is 11.5 Å². The number of rotatable bonds is 5. The second-order valence-corrected chi connectivity index (χ2v) is 4.42. The fourth-order valence-corrected chi connectivity index (χ4v) is 2.04. The Hall–Kier alpha value is -2.43. The van der Waals surface area contributed by atoms with Crippen molar-refractivity contribution < 1.29 is 9.31 Å². The smallest absolute Gasteiger partial charge is 0.274 e. The van der Waals surface area contributed by atoms with Gasteiger partial charge in [0, 0.05) is 24.8 Å². The Morgan fingerprint density at radius 2 is 1.90 bits per heavy atom. The van der Waals surface area contributed by atoms with Crippen LogP contribution in [0.4, 0.5) is 15.8 Å². The van der Waals surface area contributed by atoms with Crippen LogP contribution in [0.3, 0.4) is 0 Å². The van der Waals surface area contributed by atoms with Gasteiger partial charge in [0.2, 0.25) is 0 Å². The molecule has 2 aromatic rings. The first kappa shape index (κ1) is 14.0. The van der Waals surface area contributed by atoms with Crippen molar-refractivity contribution in [1.82, 2.24) is 0 Å². The molecule has 0 spiro atoms. The third kappa shape index (κ3) is 3.32. The summed E-state index contributed by atoms with van der Waals surface area (Å²) in [5.74, 6) is -0.597. The Kier molecular flexibility index (Phi) is 4.30. The lowest BCUT2D eigenvalue weighted by Crippen LogP contribution is -2.22. The molecule has 4 nitrogen and oxygen atoms in total. The second kappa shape index (κ2) is 6.14. The van der Waals surface area contributed by atoms with Crippen LogP contribution in [0.5, 0.6) is 0 Å². The van der Waals surface area contributed by atoms with Gasteiger partial charge in [-0.2, -0.15) is 0 Å². The van der Waals surface area contributed by atoms with E-state index >= 15 is 0 Å². The fraction of sp³-hybridized carbons (Fsp3) is 0.200. The van der Waals surface area contributed by atoms with Crippen molar-refractivity contribution in [3.8, 4) is 0 Å². The Balaban J connectivity index is 2.29. The number of hydrogen-bond acceptors (Lipinski definition) is 3. The molecule has 0 aliphatic heterocycles. The summed E-state index contributed by atoms with van der Waals surface area (Å²) >= 11 is 0. The van der Waals surface area contributed by atoms with Crippen molar-refractivity contribution in [1.29, 1.82) is 0 Å². The highest BCUT2D eigenvalue weighted by molar-refractivity contribution is 5.54. The summed E-state index contributed by atoms with van der Waals surface area (Å²) in [4.78, 5) is 12.1. The molecule has 0 aliphatic rings. The van der Waals surface area contributed by atoms with Crippen LogP contribution in [-0.2, 0) is 6.54 Å². The van der Waals surface area contributed by atoms with E-state index in [2.05, 4.69) is 0 Å². The van der Waals surface area contributed by atoms with Gasteiger partial charge in [0.05, 0.1) is 11.0 Å². The lowest BCUT2D eigenvalue weighted by Gasteiger charge is -2.23. The number of nitrogens with zero attached hydrogens (tertiary/aromatic N) is 2. The van der Waals surface area contributed by atoms with Gasteiger partial charge in [-0.25, -0.2) is 4.39 Å². The van der Waals surface area contributed by atoms with E-state index in [0.717, 1.165) is 11.6 Å². The van der Waals surface area contributed by atoms with E-state index in [4.69, 9.17) is 0 Å². The molecule has 2 rings (SSSR count). The summed E-state index contributed by atoms with van der Waals surface area (Å²) in [7, 11) is 0. The number of nitro benzene ring substituents is 1. The number of anilines is 1. The minimum Gasteiger partial charge on any atom is -0.367 e. The molecule has 20 heavy (non-hydrogen) atoms. The molecule has 0 N–H and O–H groups in total. The Morgan fingerprint density at radius 3 is 2.50 bits per heavy atom. The molecular formula is C15H15FN2O2.